The van der Waals surface area contributed by atoms with Gasteiger partial charge in [-0.2, -0.15) is 0 Å². The maximum absolute atomic E-state index is 5.78. The van der Waals surface area contributed by atoms with Gasteiger partial charge in [0.1, 0.15) is 0 Å². The van der Waals surface area contributed by atoms with E-state index in [0.29, 0.717) is 0 Å². The normalized spacial score (nSPS) is 27.4. The number of halogens is 1. The van der Waals surface area contributed by atoms with Gasteiger partial charge in [0.25, 0.3) is 0 Å². The van der Waals surface area contributed by atoms with Crippen LogP contribution in [0.4, 0.5) is 0 Å². The molecular formula is C5H10ClN2-. The van der Waals surface area contributed by atoms with Crippen LogP contribution in [0.15, 0.2) is 0 Å². The van der Waals surface area contributed by atoms with E-state index in [0.717, 1.165) is 18.7 Å². The first-order chi connectivity index (χ1) is 3.72. The molecule has 1 saturated heterocycles. The first-order valence-corrected chi connectivity index (χ1v) is 3.04. The molecule has 0 aromatic rings. The van der Waals surface area contributed by atoms with E-state index in [2.05, 4.69) is 0 Å². The lowest BCUT2D eigenvalue weighted by molar-refractivity contribution is 0.378. The Morgan fingerprint density at radius 3 is 1.75 bits per heavy atom. The Morgan fingerprint density at radius 1 is 1.25 bits per heavy atom. The van der Waals surface area contributed by atoms with Crippen molar-refractivity contribution in [1.29, 1.82) is 0 Å². The van der Waals surface area contributed by atoms with Crippen LogP contribution >= 0.6 is 11.6 Å². The average Bonchev–Trinajstić information content (AvgIpc) is 1.98. The number of rotatable bonds is 0. The fourth-order valence-electron chi connectivity index (χ4n) is 0.776. The van der Waals surface area contributed by atoms with Crippen molar-refractivity contribution in [3.63, 3.8) is 0 Å². The van der Waals surface area contributed by atoms with Crippen LogP contribution in [-0.4, -0.2) is 37.0 Å². The average molecular weight is 134 g/mol. The molecule has 0 amide bonds. The first-order valence-electron chi connectivity index (χ1n) is 2.66. The van der Waals surface area contributed by atoms with E-state index in [1.165, 1.54) is 0 Å². The van der Waals surface area contributed by atoms with E-state index in [1.54, 1.807) is 0 Å². The van der Waals surface area contributed by atoms with Gasteiger partial charge in [-0.3, -0.25) is 0 Å². The Balaban J connectivity index is 2.44. The predicted molar refractivity (Wildman–Crippen MR) is 34.4 cm³/mol. The Labute approximate surface area is 55.0 Å². The van der Waals surface area contributed by atoms with E-state index < -0.39 is 0 Å². The molecule has 1 aliphatic rings. The number of hydrogen-bond donors (Lipinski definition) is 0. The molecule has 0 bridgehead atoms. The number of hydrogen-bond acceptors (Lipinski definition) is 2. The number of nitrogens with zero attached hydrogens (tertiary/aromatic N) is 2. The van der Waals surface area contributed by atoms with Crippen molar-refractivity contribution in [1.82, 2.24) is 9.80 Å². The van der Waals surface area contributed by atoms with Crippen LogP contribution in [-0.2, 0) is 0 Å². The van der Waals surface area contributed by atoms with E-state index >= 15 is 0 Å². The molecular weight excluding hydrogens is 124 g/mol. The molecule has 0 atom stereocenters. The van der Waals surface area contributed by atoms with Gasteiger partial charge >= 0.3 is 0 Å². The van der Waals surface area contributed by atoms with E-state index in [4.69, 9.17) is 11.6 Å². The summed E-state index contributed by atoms with van der Waals surface area (Å²) < 4.78 is 0. The molecule has 0 unspecified atom stereocenters. The highest BCUT2D eigenvalue weighted by Gasteiger charge is 2.09. The zero-order chi connectivity index (χ0) is 6.15. The third-order valence-corrected chi connectivity index (χ3v) is 1.98. The summed E-state index contributed by atoms with van der Waals surface area (Å²) in [6.07, 6.45) is 0. The molecule has 1 heterocycles. The van der Waals surface area contributed by atoms with Gasteiger partial charge in [-0.1, -0.05) is 0 Å². The molecule has 1 aliphatic heterocycles. The molecule has 1 fully saturated rings. The first kappa shape index (κ1) is 6.33. The highest BCUT2D eigenvalue weighted by atomic mass is 35.5. The number of likely N-dealkylation sites (N-methyl/N-ethyl adjacent to an activating group) is 2. The summed E-state index contributed by atoms with van der Waals surface area (Å²) in [5, 5.41) is 0. The van der Waals surface area contributed by atoms with Gasteiger partial charge in [0.05, 0.1) is 0 Å². The third-order valence-electron chi connectivity index (χ3n) is 1.40. The summed E-state index contributed by atoms with van der Waals surface area (Å²) in [5.41, 5.74) is 0.852. The van der Waals surface area contributed by atoms with Crippen LogP contribution in [0.1, 0.15) is 0 Å². The lowest BCUT2D eigenvalue weighted by Crippen LogP contribution is -2.19. The van der Waals surface area contributed by atoms with Crippen LogP contribution in [0.5, 0.6) is 0 Å². The highest BCUT2D eigenvalue weighted by molar-refractivity contribution is 6.26. The molecule has 0 radical (unpaired) electrons. The summed E-state index contributed by atoms with van der Waals surface area (Å²) in [4.78, 5) is 4.06. The molecule has 8 heavy (non-hydrogen) atoms. The topological polar surface area (TPSA) is 6.48 Å². The van der Waals surface area contributed by atoms with E-state index in [1.807, 2.05) is 23.9 Å². The molecule has 0 aliphatic carbocycles. The molecule has 3 heteroatoms. The summed E-state index contributed by atoms with van der Waals surface area (Å²) in [5.74, 6) is 0. The van der Waals surface area contributed by atoms with Gasteiger partial charge in [0.15, 0.2) is 0 Å². The van der Waals surface area contributed by atoms with Crippen LogP contribution in [0, 0.1) is 5.62 Å². The molecule has 0 N–H and O–H groups in total. The third kappa shape index (κ3) is 0.966. The second-order valence-electron chi connectivity index (χ2n) is 2.11. The zero-order valence-corrected chi connectivity index (χ0v) is 5.94. The standard InChI is InChI=1S/C5H10ClN2/c1-7-3-4-8(2)5(7)6/h3-4H2,1-2H3/q-1. The second kappa shape index (κ2) is 2.21. The minimum Gasteiger partial charge on any atom is -0.427 e. The second-order valence-corrected chi connectivity index (χ2v) is 2.45. The summed E-state index contributed by atoms with van der Waals surface area (Å²) in [6, 6.07) is 0. The predicted octanol–water partition coefficient (Wildman–Crippen LogP) is 0.549. The molecule has 0 saturated carbocycles. The fourth-order valence-corrected chi connectivity index (χ4v) is 0.945. The molecule has 1 rings (SSSR count). The summed E-state index contributed by atoms with van der Waals surface area (Å²) >= 11 is 5.78. The highest BCUT2D eigenvalue weighted by Crippen LogP contribution is 2.20. The molecule has 2 nitrogen and oxygen atoms in total. The molecule has 0 spiro atoms. The van der Waals surface area contributed by atoms with E-state index in [-0.39, 0.29) is 0 Å². The van der Waals surface area contributed by atoms with Gasteiger partial charge < -0.3 is 21.4 Å². The SMILES string of the molecule is CN1CCN(C)[C-]1Cl. The monoisotopic (exact) mass is 133 g/mol. The Kier molecular flexibility index (Phi) is 1.75. The molecule has 48 valence electrons. The molecule has 0 aromatic heterocycles. The Bertz CT molecular complexity index is 76.5. The Morgan fingerprint density at radius 2 is 1.62 bits per heavy atom. The summed E-state index contributed by atoms with van der Waals surface area (Å²) in [7, 11) is 3.98. The smallest absolute Gasteiger partial charge is 0.0175 e. The minimum atomic E-state index is 0.852. The van der Waals surface area contributed by atoms with Gasteiger partial charge in [-0.05, 0) is 27.2 Å². The van der Waals surface area contributed by atoms with Crippen molar-refractivity contribution in [2.45, 2.75) is 0 Å². The van der Waals surface area contributed by atoms with Crippen molar-refractivity contribution in [2.75, 3.05) is 27.2 Å². The molecule has 0 aromatic carbocycles. The van der Waals surface area contributed by atoms with Crippen LogP contribution < -0.4 is 0 Å². The van der Waals surface area contributed by atoms with Crippen molar-refractivity contribution >= 4 is 11.6 Å². The van der Waals surface area contributed by atoms with Crippen LogP contribution in [0.2, 0.25) is 0 Å². The van der Waals surface area contributed by atoms with Gasteiger partial charge in [0, 0.05) is 0 Å². The van der Waals surface area contributed by atoms with Crippen LogP contribution in [0.25, 0.3) is 0 Å². The van der Waals surface area contributed by atoms with Crippen molar-refractivity contribution in [3.05, 3.63) is 5.62 Å². The minimum absolute atomic E-state index is 0.852. The lowest BCUT2D eigenvalue weighted by atomic mass is 10.6. The van der Waals surface area contributed by atoms with Gasteiger partial charge in [-0.15, -0.1) is 5.62 Å². The van der Waals surface area contributed by atoms with Crippen molar-refractivity contribution in [3.8, 4) is 0 Å². The van der Waals surface area contributed by atoms with E-state index in [9.17, 15) is 0 Å². The van der Waals surface area contributed by atoms with Crippen LogP contribution in [0.3, 0.4) is 0 Å². The van der Waals surface area contributed by atoms with Crippen molar-refractivity contribution in [2.24, 2.45) is 0 Å². The largest absolute Gasteiger partial charge is 0.427 e. The maximum Gasteiger partial charge on any atom is -0.0175 e. The van der Waals surface area contributed by atoms with Gasteiger partial charge in [-0.25, -0.2) is 0 Å². The quantitative estimate of drug-likeness (QED) is 0.352. The Hall–Kier alpha value is 0.210. The van der Waals surface area contributed by atoms with Gasteiger partial charge in [0.2, 0.25) is 0 Å². The maximum atomic E-state index is 5.78. The van der Waals surface area contributed by atoms with Crippen molar-refractivity contribution < 1.29 is 0 Å². The lowest BCUT2D eigenvalue weighted by Gasteiger charge is -2.33. The fraction of sp³-hybridized carbons (Fsp3) is 0.800. The summed E-state index contributed by atoms with van der Waals surface area (Å²) in [6.45, 7) is 2.10. The zero-order valence-electron chi connectivity index (χ0n) is 5.19.